The van der Waals surface area contributed by atoms with Gasteiger partial charge in [-0.1, -0.05) is 11.6 Å². The molecule has 2 aromatic rings. The van der Waals surface area contributed by atoms with Crippen molar-refractivity contribution in [1.29, 1.82) is 0 Å². The second kappa shape index (κ2) is 4.92. The zero-order valence-electron chi connectivity index (χ0n) is 8.75. The molecule has 17 heavy (non-hydrogen) atoms. The quantitative estimate of drug-likeness (QED) is 0.888. The van der Waals surface area contributed by atoms with Crippen LogP contribution < -0.4 is 0 Å². The summed E-state index contributed by atoms with van der Waals surface area (Å²) in [6, 6.07) is 6.98. The van der Waals surface area contributed by atoms with Gasteiger partial charge in [-0.25, -0.2) is 0 Å². The molecule has 0 radical (unpaired) electrons. The number of hydrogen-bond acceptors (Lipinski definition) is 4. The van der Waals surface area contributed by atoms with Crippen molar-refractivity contribution in [3.05, 3.63) is 35.1 Å². The van der Waals surface area contributed by atoms with Crippen LogP contribution in [0, 0.1) is 0 Å². The fourth-order valence-electron chi connectivity index (χ4n) is 1.36. The van der Waals surface area contributed by atoms with Gasteiger partial charge in [0.15, 0.2) is 5.82 Å². The van der Waals surface area contributed by atoms with Gasteiger partial charge in [0, 0.05) is 11.4 Å². The minimum absolute atomic E-state index is 0.00599. The number of halogens is 1. The van der Waals surface area contributed by atoms with Crippen LogP contribution in [0.1, 0.15) is 12.2 Å². The van der Waals surface area contributed by atoms with Gasteiger partial charge in [-0.05, 0) is 34.7 Å². The molecule has 0 atom stereocenters. The highest BCUT2D eigenvalue weighted by atomic mass is 35.5. The number of carboxylic acid groups (broad SMARTS) is 1. The van der Waals surface area contributed by atoms with Crippen LogP contribution in [0.15, 0.2) is 24.3 Å². The first-order chi connectivity index (χ1) is 8.16. The molecule has 1 aromatic heterocycles. The van der Waals surface area contributed by atoms with E-state index in [-0.39, 0.29) is 12.8 Å². The minimum atomic E-state index is -0.879. The molecule has 7 heteroatoms. The first kappa shape index (κ1) is 11.5. The highest BCUT2D eigenvalue weighted by Crippen LogP contribution is 2.13. The lowest BCUT2D eigenvalue weighted by Crippen LogP contribution is -2.06. The van der Waals surface area contributed by atoms with Gasteiger partial charge >= 0.3 is 5.97 Å². The van der Waals surface area contributed by atoms with E-state index < -0.39 is 5.97 Å². The molecule has 0 fully saturated rings. The molecule has 6 nitrogen and oxygen atoms in total. The standard InChI is InChI=1S/C10H9ClN4O2/c11-7-1-3-8(4-2-7)15-9(12-13-14-15)5-6-10(16)17/h1-4H,5-6H2,(H,16,17). The molecule has 1 heterocycles. The Labute approximate surface area is 102 Å². The third-order valence-corrected chi connectivity index (χ3v) is 2.42. The number of carboxylic acids is 1. The third-order valence-electron chi connectivity index (χ3n) is 2.17. The van der Waals surface area contributed by atoms with Crippen molar-refractivity contribution in [1.82, 2.24) is 20.2 Å². The smallest absolute Gasteiger partial charge is 0.303 e. The number of aliphatic carboxylic acids is 1. The number of tetrazole rings is 1. The van der Waals surface area contributed by atoms with Crippen molar-refractivity contribution in [2.75, 3.05) is 0 Å². The summed E-state index contributed by atoms with van der Waals surface area (Å²) in [6.45, 7) is 0. The number of hydrogen-bond donors (Lipinski definition) is 1. The van der Waals surface area contributed by atoms with E-state index in [1.807, 2.05) is 0 Å². The van der Waals surface area contributed by atoms with Gasteiger partial charge in [0.1, 0.15) is 0 Å². The lowest BCUT2D eigenvalue weighted by molar-refractivity contribution is -0.137. The van der Waals surface area contributed by atoms with Gasteiger partial charge in [0.25, 0.3) is 0 Å². The Hall–Kier alpha value is -1.95. The zero-order chi connectivity index (χ0) is 12.3. The van der Waals surface area contributed by atoms with Crippen molar-refractivity contribution in [3.8, 4) is 5.69 Å². The summed E-state index contributed by atoms with van der Waals surface area (Å²) in [5, 5.41) is 20.4. The maximum absolute atomic E-state index is 10.5. The predicted octanol–water partition coefficient (Wildman–Crippen LogP) is 1.33. The number of nitrogens with zero attached hydrogens (tertiary/aromatic N) is 4. The lowest BCUT2D eigenvalue weighted by atomic mass is 10.3. The molecule has 1 aromatic carbocycles. The molecule has 0 saturated heterocycles. The third kappa shape index (κ3) is 2.79. The van der Waals surface area contributed by atoms with Gasteiger partial charge in [-0.15, -0.1) is 5.10 Å². The molecular weight excluding hydrogens is 244 g/mol. The topological polar surface area (TPSA) is 80.9 Å². The van der Waals surface area contributed by atoms with Crippen molar-refractivity contribution < 1.29 is 9.90 Å². The van der Waals surface area contributed by atoms with E-state index in [2.05, 4.69) is 15.5 Å². The van der Waals surface area contributed by atoms with Crippen LogP contribution in [0.3, 0.4) is 0 Å². The van der Waals surface area contributed by atoms with Crippen molar-refractivity contribution in [2.24, 2.45) is 0 Å². The highest BCUT2D eigenvalue weighted by molar-refractivity contribution is 6.30. The summed E-state index contributed by atoms with van der Waals surface area (Å²) in [4.78, 5) is 10.5. The highest BCUT2D eigenvalue weighted by Gasteiger charge is 2.09. The summed E-state index contributed by atoms with van der Waals surface area (Å²) < 4.78 is 1.50. The van der Waals surface area contributed by atoms with Gasteiger partial charge in [0.2, 0.25) is 0 Å². The van der Waals surface area contributed by atoms with Crippen molar-refractivity contribution in [2.45, 2.75) is 12.8 Å². The maximum Gasteiger partial charge on any atom is 0.303 e. The molecule has 0 unspecified atom stereocenters. The van der Waals surface area contributed by atoms with Gasteiger partial charge < -0.3 is 5.11 Å². The minimum Gasteiger partial charge on any atom is -0.481 e. The summed E-state index contributed by atoms with van der Waals surface area (Å²) in [7, 11) is 0. The molecule has 0 aliphatic heterocycles. The van der Waals surface area contributed by atoms with Crippen LogP contribution in [-0.2, 0) is 11.2 Å². The molecule has 0 aliphatic carbocycles. The average molecular weight is 253 g/mol. The zero-order valence-corrected chi connectivity index (χ0v) is 9.50. The Morgan fingerprint density at radius 1 is 1.35 bits per heavy atom. The molecule has 88 valence electrons. The van der Waals surface area contributed by atoms with Crippen LogP contribution in [0.4, 0.5) is 0 Å². The average Bonchev–Trinajstić information content (AvgIpc) is 2.75. The number of aryl methyl sites for hydroxylation is 1. The van der Waals surface area contributed by atoms with Crippen LogP contribution in [-0.4, -0.2) is 31.3 Å². The van der Waals surface area contributed by atoms with Crippen LogP contribution >= 0.6 is 11.6 Å². The van der Waals surface area contributed by atoms with Crippen LogP contribution in [0.5, 0.6) is 0 Å². The van der Waals surface area contributed by atoms with E-state index in [0.29, 0.717) is 10.8 Å². The summed E-state index contributed by atoms with van der Waals surface area (Å²) in [5.74, 6) is -0.370. The molecule has 2 rings (SSSR count). The van der Waals surface area contributed by atoms with E-state index in [4.69, 9.17) is 16.7 Å². The van der Waals surface area contributed by atoms with E-state index in [0.717, 1.165) is 5.69 Å². The molecule has 1 N–H and O–H groups in total. The SMILES string of the molecule is O=C(O)CCc1nnnn1-c1ccc(Cl)cc1. The Balaban J connectivity index is 2.24. The fourth-order valence-corrected chi connectivity index (χ4v) is 1.49. The van der Waals surface area contributed by atoms with Gasteiger partial charge in [-0.3, -0.25) is 4.79 Å². The summed E-state index contributed by atoms with van der Waals surface area (Å²) in [5.41, 5.74) is 0.750. The summed E-state index contributed by atoms with van der Waals surface area (Å²) >= 11 is 5.78. The Morgan fingerprint density at radius 2 is 2.06 bits per heavy atom. The maximum atomic E-state index is 10.5. The molecule has 0 aliphatic rings. The summed E-state index contributed by atoms with van der Waals surface area (Å²) in [6.07, 6.45) is 0.277. The molecule has 0 bridgehead atoms. The van der Waals surface area contributed by atoms with Gasteiger partial charge in [0.05, 0.1) is 12.1 Å². The van der Waals surface area contributed by atoms with Gasteiger partial charge in [-0.2, -0.15) is 4.68 Å². The Morgan fingerprint density at radius 3 is 2.71 bits per heavy atom. The number of carbonyl (C=O) groups is 1. The monoisotopic (exact) mass is 252 g/mol. The van der Waals surface area contributed by atoms with E-state index in [1.165, 1.54) is 4.68 Å². The first-order valence-corrected chi connectivity index (χ1v) is 5.29. The number of rotatable bonds is 4. The molecular formula is C10H9ClN4O2. The first-order valence-electron chi connectivity index (χ1n) is 4.92. The largest absolute Gasteiger partial charge is 0.481 e. The van der Waals surface area contributed by atoms with E-state index in [1.54, 1.807) is 24.3 Å². The lowest BCUT2D eigenvalue weighted by Gasteiger charge is -2.03. The Kier molecular flexibility index (Phi) is 3.34. The van der Waals surface area contributed by atoms with Crippen LogP contribution in [0.2, 0.25) is 5.02 Å². The normalized spacial score (nSPS) is 10.4. The number of benzene rings is 1. The predicted molar refractivity (Wildman–Crippen MR) is 60.1 cm³/mol. The van der Waals surface area contributed by atoms with E-state index in [9.17, 15) is 4.79 Å². The van der Waals surface area contributed by atoms with Crippen molar-refractivity contribution in [3.63, 3.8) is 0 Å². The second-order valence-electron chi connectivity index (χ2n) is 3.38. The fraction of sp³-hybridized carbons (Fsp3) is 0.200. The van der Waals surface area contributed by atoms with Crippen molar-refractivity contribution >= 4 is 17.6 Å². The van der Waals surface area contributed by atoms with E-state index >= 15 is 0 Å². The second-order valence-corrected chi connectivity index (χ2v) is 3.81. The molecule has 0 amide bonds. The van der Waals surface area contributed by atoms with Crippen LogP contribution in [0.25, 0.3) is 5.69 Å². The number of aromatic nitrogens is 4. The Bertz CT molecular complexity index is 523. The molecule has 0 spiro atoms. The molecule has 0 saturated carbocycles.